The lowest BCUT2D eigenvalue weighted by atomic mass is 10.0. The van der Waals surface area contributed by atoms with Gasteiger partial charge >= 0.3 is 0 Å². The lowest BCUT2D eigenvalue weighted by Gasteiger charge is -2.35. The molecule has 0 unspecified atom stereocenters. The predicted molar refractivity (Wildman–Crippen MR) is 70.0 cm³/mol. The predicted octanol–water partition coefficient (Wildman–Crippen LogP) is -0.871. The highest BCUT2D eigenvalue weighted by Gasteiger charge is 2.34. The summed E-state index contributed by atoms with van der Waals surface area (Å²) in [5.41, 5.74) is 0. The van der Waals surface area contributed by atoms with E-state index in [4.69, 9.17) is 9.47 Å². The molecule has 0 amide bonds. The van der Waals surface area contributed by atoms with Gasteiger partial charge in [-0.1, -0.05) is 6.42 Å². The van der Waals surface area contributed by atoms with Crippen LogP contribution >= 0.6 is 0 Å². The zero-order valence-corrected chi connectivity index (χ0v) is 12.2. The number of hydrogen-bond acceptors (Lipinski definition) is 7. The molecule has 1 saturated heterocycles. The minimum absolute atomic E-state index is 0.222. The number of aliphatic hydroxyl groups excluding tert-OH is 2. The van der Waals surface area contributed by atoms with Crippen molar-refractivity contribution in [2.45, 2.75) is 70.1 Å². The third-order valence-electron chi connectivity index (χ3n) is 3.41. The highest BCUT2D eigenvalue weighted by atomic mass is 16.7. The van der Waals surface area contributed by atoms with E-state index in [1.807, 2.05) is 0 Å². The molecule has 0 aromatic rings. The number of unbranched alkanes of at least 4 members (excludes halogenated alkanes) is 2. The summed E-state index contributed by atoms with van der Waals surface area (Å²) in [4.78, 5) is 21.3. The van der Waals surface area contributed by atoms with E-state index < -0.39 is 30.9 Å². The number of carboxylic acids is 1. The Hall–Kier alpha value is -1.02. The van der Waals surface area contributed by atoms with Crippen molar-refractivity contribution in [1.82, 2.24) is 0 Å². The van der Waals surface area contributed by atoms with Crippen LogP contribution in [0.3, 0.4) is 0 Å². The topological polar surface area (TPSA) is 116 Å². The van der Waals surface area contributed by atoms with E-state index in [1.54, 1.807) is 6.92 Å². The Kier molecular flexibility index (Phi) is 7.81. The first-order valence-corrected chi connectivity index (χ1v) is 7.25. The van der Waals surface area contributed by atoms with E-state index in [-0.39, 0.29) is 24.7 Å². The Bertz CT molecular complexity index is 344. The molecule has 1 heterocycles. The van der Waals surface area contributed by atoms with Gasteiger partial charge in [0.1, 0.15) is 11.9 Å². The van der Waals surface area contributed by atoms with E-state index >= 15 is 0 Å². The Morgan fingerprint density at radius 2 is 1.95 bits per heavy atom. The van der Waals surface area contributed by atoms with Crippen LogP contribution in [-0.4, -0.2) is 53.2 Å². The van der Waals surface area contributed by atoms with Crippen molar-refractivity contribution in [3.63, 3.8) is 0 Å². The molecule has 4 atom stereocenters. The molecule has 0 radical (unpaired) electrons. The molecule has 0 aliphatic carbocycles. The Balaban J connectivity index is 2.06. The molecule has 0 aromatic heterocycles. The molecule has 1 rings (SSSR count). The number of hydrogen-bond donors (Lipinski definition) is 2. The molecule has 21 heavy (non-hydrogen) atoms. The lowest BCUT2D eigenvalue weighted by molar-refractivity contribution is -0.304. The molecule has 1 aliphatic rings. The smallest absolute Gasteiger partial charge is 0.183 e. The van der Waals surface area contributed by atoms with Crippen LogP contribution in [-0.2, 0) is 19.1 Å². The number of carbonyl (C=O) groups is 2. The summed E-state index contributed by atoms with van der Waals surface area (Å²) in [5.74, 6) is -1.67. The van der Waals surface area contributed by atoms with Crippen molar-refractivity contribution in [2.24, 2.45) is 0 Å². The summed E-state index contributed by atoms with van der Waals surface area (Å²) in [7, 11) is 0. The van der Waals surface area contributed by atoms with Gasteiger partial charge in [0.25, 0.3) is 0 Å². The molecule has 7 heteroatoms. The molecule has 7 nitrogen and oxygen atoms in total. The van der Waals surface area contributed by atoms with Gasteiger partial charge in [0.2, 0.25) is 0 Å². The molecule has 1 fully saturated rings. The Morgan fingerprint density at radius 3 is 2.62 bits per heavy atom. The summed E-state index contributed by atoms with van der Waals surface area (Å²) >= 11 is 0. The van der Waals surface area contributed by atoms with Gasteiger partial charge in [-0.3, -0.25) is 4.79 Å². The number of rotatable bonds is 9. The fourth-order valence-electron chi connectivity index (χ4n) is 2.14. The molecular weight excluding hydrogens is 280 g/mol. The van der Waals surface area contributed by atoms with Crippen LogP contribution in [0.25, 0.3) is 0 Å². The van der Waals surface area contributed by atoms with E-state index in [0.29, 0.717) is 19.4 Å². The zero-order chi connectivity index (χ0) is 15.8. The minimum atomic E-state index is -1.34. The number of aliphatic carboxylic acids is 1. The van der Waals surface area contributed by atoms with Crippen molar-refractivity contribution < 1.29 is 34.4 Å². The SMILES string of the molecule is C[C@@H]1O[C@@H](OCCCCCC(=O)CC(=O)[O-])[C@H](O)C[C@H]1O. The van der Waals surface area contributed by atoms with E-state index in [1.165, 1.54) is 0 Å². The second kappa shape index (κ2) is 9.09. The van der Waals surface area contributed by atoms with Gasteiger partial charge in [0, 0.05) is 31.8 Å². The van der Waals surface area contributed by atoms with Crippen molar-refractivity contribution in [3.05, 3.63) is 0 Å². The summed E-state index contributed by atoms with van der Waals surface area (Å²) in [6.07, 6.45) is -0.720. The maximum absolute atomic E-state index is 11.1. The van der Waals surface area contributed by atoms with Crippen LogP contribution in [0.1, 0.15) is 45.4 Å². The highest BCUT2D eigenvalue weighted by Crippen LogP contribution is 2.21. The number of Topliss-reactive ketones (excluding diaryl/α,β-unsaturated/α-hetero) is 1. The second-order valence-electron chi connectivity index (χ2n) is 5.35. The van der Waals surface area contributed by atoms with Crippen molar-refractivity contribution >= 4 is 11.8 Å². The molecular formula is C14H23O7-. The van der Waals surface area contributed by atoms with E-state index in [2.05, 4.69) is 0 Å². The third kappa shape index (κ3) is 6.99. The van der Waals surface area contributed by atoms with Crippen LogP contribution in [0, 0.1) is 0 Å². The van der Waals surface area contributed by atoms with Gasteiger partial charge in [-0.25, -0.2) is 0 Å². The fraction of sp³-hybridized carbons (Fsp3) is 0.857. The van der Waals surface area contributed by atoms with Crippen molar-refractivity contribution in [3.8, 4) is 0 Å². The average molecular weight is 303 g/mol. The minimum Gasteiger partial charge on any atom is -0.550 e. The molecule has 0 aromatic carbocycles. The molecule has 0 bridgehead atoms. The second-order valence-corrected chi connectivity index (χ2v) is 5.35. The summed E-state index contributed by atoms with van der Waals surface area (Å²) in [6.45, 7) is 2.09. The Morgan fingerprint density at radius 1 is 1.24 bits per heavy atom. The first-order chi connectivity index (χ1) is 9.90. The van der Waals surface area contributed by atoms with E-state index in [9.17, 15) is 24.9 Å². The van der Waals surface area contributed by atoms with Crippen LogP contribution in [0.4, 0.5) is 0 Å². The van der Waals surface area contributed by atoms with Crippen molar-refractivity contribution in [2.75, 3.05) is 6.61 Å². The molecule has 0 saturated carbocycles. The lowest BCUT2D eigenvalue weighted by Crippen LogP contribution is -2.47. The van der Waals surface area contributed by atoms with Gasteiger partial charge in [-0.05, 0) is 19.8 Å². The zero-order valence-electron chi connectivity index (χ0n) is 12.2. The summed E-state index contributed by atoms with van der Waals surface area (Å²) in [6, 6.07) is 0. The molecule has 0 spiro atoms. The molecule has 1 aliphatic heterocycles. The quantitative estimate of drug-likeness (QED) is 0.420. The van der Waals surface area contributed by atoms with Crippen molar-refractivity contribution in [1.29, 1.82) is 0 Å². The maximum Gasteiger partial charge on any atom is 0.183 e. The van der Waals surface area contributed by atoms with Gasteiger partial charge in [0.15, 0.2) is 6.29 Å². The normalized spacial score (nSPS) is 29.3. The molecule has 122 valence electrons. The summed E-state index contributed by atoms with van der Waals surface area (Å²) < 4.78 is 10.8. The van der Waals surface area contributed by atoms with Gasteiger partial charge in [0.05, 0.1) is 12.2 Å². The van der Waals surface area contributed by atoms with Gasteiger partial charge < -0.3 is 29.6 Å². The maximum atomic E-state index is 11.1. The van der Waals surface area contributed by atoms with E-state index in [0.717, 1.165) is 6.42 Å². The fourth-order valence-corrected chi connectivity index (χ4v) is 2.14. The standard InChI is InChI=1S/C14H24O7/c1-9-11(16)8-12(17)14(21-9)20-6-4-2-3-5-10(15)7-13(18)19/h9,11-12,14,16-17H,2-8H2,1H3,(H,18,19)/p-1/t9-,11+,12+,14+/m0/s1. The third-order valence-corrected chi connectivity index (χ3v) is 3.41. The summed E-state index contributed by atoms with van der Waals surface area (Å²) in [5, 5.41) is 29.4. The van der Waals surface area contributed by atoms with Crippen LogP contribution in [0.15, 0.2) is 0 Å². The van der Waals surface area contributed by atoms with Crippen LogP contribution in [0.2, 0.25) is 0 Å². The molecule has 2 N–H and O–H groups in total. The van der Waals surface area contributed by atoms with Gasteiger partial charge in [-0.15, -0.1) is 0 Å². The first-order valence-electron chi connectivity index (χ1n) is 7.25. The number of ether oxygens (including phenoxy) is 2. The number of carboxylic acid groups (broad SMARTS) is 1. The first kappa shape index (κ1) is 18.0. The number of carbonyl (C=O) groups excluding carboxylic acids is 2. The average Bonchev–Trinajstić information content (AvgIpc) is 2.38. The largest absolute Gasteiger partial charge is 0.550 e. The highest BCUT2D eigenvalue weighted by molar-refractivity contribution is 5.93. The monoisotopic (exact) mass is 303 g/mol. The van der Waals surface area contributed by atoms with Crippen LogP contribution in [0.5, 0.6) is 0 Å². The van der Waals surface area contributed by atoms with Crippen LogP contribution < -0.4 is 5.11 Å². The number of aliphatic hydroxyl groups is 2. The Labute approximate surface area is 123 Å². The number of ketones is 1. The van der Waals surface area contributed by atoms with Gasteiger partial charge in [-0.2, -0.15) is 0 Å².